The molecule has 0 spiro atoms. The van der Waals surface area contributed by atoms with E-state index in [1.54, 1.807) is 13.3 Å². The van der Waals surface area contributed by atoms with Crippen LogP contribution in [0.3, 0.4) is 0 Å². The molecule has 7 nitrogen and oxygen atoms in total. The number of nitrogens with zero attached hydrogens (tertiary/aromatic N) is 3. The highest BCUT2D eigenvalue weighted by atomic mass is 35.5. The summed E-state index contributed by atoms with van der Waals surface area (Å²) in [4.78, 5) is 19.7. The molecule has 1 amide bonds. The van der Waals surface area contributed by atoms with E-state index < -0.39 is 6.10 Å². The number of ether oxygens (including phenoxy) is 2. The van der Waals surface area contributed by atoms with Crippen molar-refractivity contribution in [1.82, 2.24) is 19.8 Å². The predicted molar refractivity (Wildman–Crippen MR) is 112 cm³/mol. The highest BCUT2D eigenvalue weighted by molar-refractivity contribution is 6.35. The van der Waals surface area contributed by atoms with Gasteiger partial charge in [-0.1, -0.05) is 11.6 Å². The van der Waals surface area contributed by atoms with Crippen molar-refractivity contribution >= 4 is 28.5 Å². The lowest BCUT2D eigenvalue weighted by Gasteiger charge is -2.30. The molecule has 2 aromatic heterocycles. The van der Waals surface area contributed by atoms with Crippen LogP contribution in [0.2, 0.25) is 5.02 Å². The van der Waals surface area contributed by atoms with E-state index >= 15 is 0 Å². The SMILES string of the molecule is COCCCCn1cc(CN(C(=O)[C@H]2CNCCO2)C2CC2)c2c(Cl)ccnc21. The molecule has 1 saturated heterocycles. The average Bonchev–Trinajstić information content (AvgIpc) is 3.52. The van der Waals surface area contributed by atoms with Crippen molar-refractivity contribution in [1.29, 1.82) is 0 Å². The average molecular weight is 421 g/mol. The van der Waals surface area contributed by atoms with Crippen LogP contribution in [0.1, 0.15) is 31.2 Å². The van der Waals surface area contributed by atoms with Gasteiger partial charge in [0.2, 0.25) is 0 Å². The predicted octanol–water partition coefficient (Wildman–Crippen LogP) is 2.60. The van der Waals surface area contributed by atoms with E-state index in [-0.39, 0.29) is 5.91 Å². The van der Waals surface area contributed by atoms with Crippen LogP contribution in [0.4, 0.5) is 0 Å². The molecule has 1 aliphatic carbocycles. The Morgan fingerprint density at radius 3 is 3.03 bits per heavy atom. The fourth-order valence-electron chi connectivity index (χ4n) is 3.94. The second-order valence-corrected chi connectivity index (χ2v) is 8.21. The normalized spacial score (nSPS) is 19.6. The molecule has 0 unspecified atom stereocenters. The maximum atomic E-state index is 13.1. The van der Waals surface area contributed by atoms with Crippen LogP contribution >= 0.6 is 11.6 Å². The number of aryl methyl sites for hydroxylation is 1. The number of hydrogen-bond donors (Lipinski definition) is 1. The molecule has 29 heavy (non-hydrogen) atoms. The van der Waals surface area contributed by atoms with Gasteiger partial charge in [0.05, 0.1) is 11.6 Å². The Labute approximate surface area is 176 Å². The van der Waals surface area contributed by atoms with E-state index in [1.807, 2.05) is 11.0 Å². The Morgan fingerprint density at radius 1 is 1.45 bits per heavy atom. The minimum Gasteiger partial charge on any atom is -0.385 e. The molecule has 2 fully saturated rings. The van der Waals surface area contributed by atoms with Gasteiger partial charge in [0.25, 0.3) is 5.91 Å². The lowest BCUT2D eigenvalue weighted by atomic mass is 10.2. The van der Waals surface area contributed by atoms with Gasteiger partial charge in [-0.05, 0) is 31.7 Å². The summed E-state index contributed by atoms with van der Waals surface area (Å²) in [7, 11) is 1.72. The summed E-state index contributed by atoms with van der Waals surface area (Å²) in [5.41, 5.74) is 1.93. The standard InChI is InChI=1S/C21H29ClN4O3/c1-28-10-3-2-9-25-13-15(19-17(22)6-7-24-20(19)25)14-26(16-4-5-16)21(27)18-12-23-8-11-29-18/h6-7,13,16,18,23H,2-5,8-12,14H2,1H3/t18-/m1/s1. The van der Waals surface area contributed by atoms with Crippen molar-refractivity contribution in [3.05, 3.63) is 29.0 Å². The number of unbranched alkanes of at least 4 members (excludes halogenated alkanes) is 1. The number of carbonyl (C=O) groups is 1. The lowest BCUT2D eigenvalue weighted by molar-refractivity contribution is -0.146. The molecular formula is C21H29ClN4O3. The van der Waals surface area contributed by atoms with Gasteiger partial charge < -0.3 is 24.3 Å². The molecule has 0 radical (unpaired) electrons. The van der Waals surface area contributed by atoms with Crippen LogP contribution < -0.4 is 5.32 Å². The first-order valence-electron chi connectivity index (χ1n) is 10.4. The summed E-state index contributed by atoms with van der Waals surface area (Å²) in [6.45, 7) is 4.08. The van der Waals surface area contributed by atoms with Gasteiger partial charge in [0.1, 0.15) is 11.8 Å². The van der Waals surface area contributed by atoms with Crippen LogP contribution in [0.25, 0.3) is 11.0 Å². The molecule has 3 heterocycles. The Bertz CT molecular complexity index is 846. The highest BCUT2D eigenvalue weighted by Crippen LogP contribution is 2.33. The monoisotopic (exact) mass is 420 g/mol. The fraction of sp³-hybridized carbons (Fsp3) is 0.619. The van der Waals surface area contributed by atoms with E-state index in [1.165, 1.54) is 0 Å². The van der Waals surface area contributed by atoms with Gasteiger partial charge in [-0.15, -0.1) is 0 Å². The molecule has 1 saturated carbocycles. The van der Waals surface area contributed by atoms with Crippen molar-refractivity contribution in [2.45, 2.75) is 50.9 Å². The number of methoxy groups -OCH3 is 1. The summed E-state index contributed by atoms with van der Waals surface area (Å²) in [6.07, 6.45) is 7.54. The third-order valence-corrected chi connectivity index (χ3v) is 5.91. The molecule has 2 aromatic rings. The summed E-state index contributed by atoms with van der Waals surface area (Å²) >= 11 is 6.55. The van der Waals surface area contributed by atoms with E-state index in [0.29, 0.717) is 30.8 Å². The van der Waals surface area contributed by atoms with Crippen molar-refractivity contribution < 1.29 is 14.3 Å². The Balaban J connectivity index is 1.57. The fourth-order valence-corrected chi connectivity index (χ4v) is 4.20. The van der Waals surface area contributed by atoms with Gasteiger partial charge in [0, 0.05) is 69.3 Å². The number of hydrogen-bond acceptors (Lipinski definition) is 5. The summed E-state index contributed by atoms with van der Waals surface area (Å²) in [6, 6.07) is 2.11. The first-order chi connectivity index (χ1) is 14.2. The molecule has 0 bridgehead atoms. The summed E-state index contributed by atoms with van der Waals surface area (Å²) in [5, 5.41) is 4.88. The zero-order chi connectivity index (χ0) is 20.2. The topological polar surface area (TPSA) is 68.6 Å². The molecular weight excluding hydrogens is 392 g/mol. The Kier molecular flexibility index (Phi) is 6.70. The quantitative estimate of drug-likeness (QED) is 0.631. The number of aromatic nitrogens is 2. The minimum atomic E-state index is -0.402. The van der Waals surface area contributed by atoms with E-state index in [0.717, 1.165) is 62.0 Å². The van der Waals surface area contributed by atoms with Gasteiger partial charge in [-0.3, -0.25) is 4.79 Å². The number of morpholine rings is 1. The molecule has 2 aliphatic rings. The molecule has 4 rings (SSSR count). The van der Waals surface area contributed by atoms with Crippen molar-refractivity contribution in [3.63, 3.8) is 0 Å². The zero-order valence-electron chi connectivity index (χ0n) is 16.9. The second-order valence-electron chi connectivity index (χ2n) is 7.80. The minimum absolute atomic E-state index is 0.0701. The van der Waals surface area contributed by atoms with Crippen molar-refractivity contribution in [3.8, 4) is 0 Å². The Morgan fingerprint density at radius 2 is 2.31 bits per heavy atom. The largest absolute Gasteiger partial charge is 0.385 e. The van der Waals surface area contributed by atoms with Crippen LogP contribution in [0, 0.1) is 0 Å². The van der Waals surface area contributed by atoms with Crippen molar-refractivity contribution in [2.24, 2.45) is 0 Å². The molecule has 158 valence electrons. The zero-order valence-corrected chi connectivity index (χ0v) is 17.7. The van der Waals surface area contributed by atoms with E-state index in [4.69, 9.17) is 21.1 Å². The number of fused-ring (bicyclic) bond motifs is 1. The number of nitrogens with one attached hydrogen (secondary N) is 1. The number of pyridine rings is 1. The van der Waals surface area contributed by atoms with Crippen molar-refractivity contribution in [2.75, 3.05) is 33.4 Å². The number of amides is 1. The van der Waals surface area contributed by atoms with Crippen LogP contribution in [-0.2, 0) is 27.4 Å². The smallest absolute Gasteiger partial charge is 0.253 e. The first kappa shape index (κ1) is 20.6. The van der Waals surface area contributed by atoms with E-state index in [9.17, 15) is 4.79 Å². The second kappa shape index (κ2) is 9.43. The molecule has 0 aromatic carbocycles. The molecule has 1 N–H and O–H groups in total. The molecule has 8 heteroatoms. The number of rotatable bonds is 9. The van der Waals surface area contributed by atoms with Crippen LogP contribution in [0.5, 0.6) is 0 Å². The summed E-state index contributed by atoms with van der Waals surface area (Å²) < 4.78 is 13.0. The van der Waals surface area contributed by atoms with Gasteiger partial charge in [0.15, 0.2) is 0 Å². The maximum absolute atomic E-state index is 13.1. The lowest BCUT2D eigenvalue weighted by Crippen LogP contribution is -2.49. The Hall–Kier alpha value is -1.67. The third kappa shape index (κ3) is 4.74. The van der Waals surface area contributed by atoms with Crippen LogP contribution in [0.15, 0.2) is 18.5 Å². The highest BCUT2D eigenvalue weighted by Gasteiger charge is 2.37. The molecule has 1 atom stereocenters. The maximum Gasteiger partial charge on any atom is 0.253 e. The van der Waals surface area contributed by atoms with Gasteiger partial charge in [-0.25, -0.2) is 4.98 Å². The van der Waals surface area contributed by atoms with Gasteiger partial charge in [-0.2, -0.15) is 0 Å². The number of carbonyl (C=O) groups excluding carboxylic acids is 1. The van der Waals surface area contributed by atoms with Gasteiger partial charge >= 0.3 is 0 Å². The van der Waals surface area contributed by atoms with Crippen LogP contribution in [-0.4, -0.2) is 65.9 Å². The third-order valence-electron chi connectivity index (χ3n) is 5.60. The van der Waals surface area contributed by atoms with E-state index in [2.05, 4.69) is 21.1 Å². The summed E-state index contributed by atoms with van der Waals surface area (Å²) in [5.74, 6) is 0.0701. The molecule has 1 aliphatic heterocycles. The number of halogens is 1. The first-order valence-corrected chi connectivity index (χ1v) is 10.8.